The smallest absolute Gasteiger partial charge is 0.340 e. The van der Waals surface area contributed by atoms with Gasteiger partial charge in [-0.15, -0.1) is 0 Å². The Morgan fingerprint density at radius 2 is 1.32 bits per heavy atom. The second-order valence-corrected chi connectivity index (χ2v) is 4.86. The van der Waals surface area contributed by atoms with E-state index in [0.29, 0.717) is 0 Å². The Hall–Kier alpha value is -0.720. The highest BCUT2D eigenvalue weighted by molar-refractivity contribution is 6.63. The molecule has 0 aromatic carbocycles. The molecule has 0 atom stereocenters. The molecule has 0 radical (unpaired) electrons. The molecule has 0 heterocycles. The Morgan fingerprint density at radius 3 is 1.53 bits per heavy atom. The van der Waals surface area contributed by atoms with Crippen molar-refractivity contribution in [3.05, 3.63) is 0 Å². The zero-order valence-corrected chi connectivity index (χ0v) is 13.0. The molecule has 0 saturated carbocycles. The fraction of sp³-hybridized carbons (Fsp3) is 0.700. The van der Waals surface area contributed by atoms with Gasteiger partial charge in [0.25, 0.3) is 0 Å². The zero-order valence-electron chi connectivity index (χ0n) is 10.7. The summed E-state index contributed by atoms with van der Waals surface area (Å²) in [5.41, 5.74) is 0. The monoisotopic (exact) mass is 335 g/mol. The van der Waals surface area contributed by atoms with Crippen LogP contribution in [0.1, 0.15) is 20.8 Å². The molecule has 0 rings (SSSR count). The average molecular weight is 337 g/mol. The van der Waals surface area contributed by atoms with Gasteiger partial charge in [-0.25, -0.2) is 9.59 Å². The molecule has 0 unspecified atom stereocenters. The lowest BCUT2D eigenvalue weighted by atomic mass is 10.3. The van der Waals surface area contributed by atoms with Crippen LogP contribution in [0.4, 0.5) is 0 Å². The molecule has 0 saturated heterocycles. The third-order valence-electron chi connectivity index (χ3n) is 1.39. The number of alkyl halides is 3. The number of carbonyl (C=O) groups excluding carboxylic acids is 3. The van der Waals surface area contributed by atoms with Crippen molar-refractivity contribution in [1.29, 1.82) is 0 Å². The van der Waals surface area contributed by atoms with Gasteiger partial charge in [0.05, 0.1) is 13.2 Å². The highest BCUT2D eigenvalue weighted by atomic mass is 35.6. The minimum atomic E-state index is -1.37. The van der Waals surface area contributed by atoms with E-state index in [2.05, 4.69) is 14.8 Å². The van der Waals surface area contributed by atoms with E-state index in [1.54, 1.807) is 13.8 Å². The molecule has 1 N–H and O–H groups in total. The molecule has 0 aliphatic carbocycles. The van der Waals surface area contributed by atoms with Crippen molar-refractivity contribution in [2.45, 2.75) is 31.1 Å². The molecule has 19 heavy (non-hydrogen) atoms. The van der Waals surface area contributed by atoms with E-state index in [0.717, 1.165) is 0 Å². The Kier molecular flexibility index (Phi) is 13.4. The van der Waals surface area contributed by atoms with Gasteiger partial charge in [0, 0.05) is 6.92 Å². The van der Waals surface area contributed by atoms with Gasteiger partial charge in [-0.3, -0.25) is 4.79 Å². The number of esters is 2. The minimum Gasteiger partial charge on any atom is -0.464 e. The fourth-order valence-corrected chi connectivity index (χ4v) is 0.869. The molecule has 112 valence electrons. The normalized spacial score (nSPS) is 9.47. The first-order valence-corrected chi connectivity index (χ1v) is 6.59. The summed E-state index contributed by atoms with van der Waals surface area (Å²) in [5.74, 6) is -2.13. The van der Waals surface area contributed by atoms with Gasteiger partial charge in [-0.1, -0.05) is 34.8 Å². The lowest BCUT2D eigenvalue weighted by Gasteiger charge is -2.14. The number of hydrogen-bond acceptors (Lipinski definition) is 5. The molecule has 0 aromatic rings. The number of rotatable bonds is 5. The van der Waals surface area contributed by atoms with Crippen molar-refractivity contribution >= 4 is 52.6 Å². The van der Waals surface area contributed by atoms with Crippen molar-refractivity contribution < 1.29 is 23.9 Å². The minimum absolute atomic E-state index is 0.133. The maximum Gasteiger partial charge on any atom is 0.340 e. The van der Waals surface area contributed by atoms with Crippen LogP contribution in [0.5, 0.6) is 0 Å². The molecule has 0 spiro atoms. The van der Waals surface area contributed by atoms with Crippen molar-refractivity contribution in [2.24, 2.45) is 0 Å². The molecule has 6 nitrogen and oxygen atoms in total. The molecule has 0 bridgehead atoms. The van der Waals surface area contributed by atoms with Crippen LogP contribution in [0, 0.1) is 0 Å². The first-order valence-electron chi connectivity index (χ1n) is 5.28. The van der Waals surface area contributed by atoms with Crippen LogP contribution >= 0.6 is 34.8 Å². The van der Waals surface area contributed by atoms with E-state index >= 15 is 0 Å². The van der Waals surface area contributed by atoms with E-state index in [-0.39, 0.29) is 13.2 Å². The topological polar surface area (TPSA) is 81.7 Å². The number of ether oxygens (including phenoxy) is 2. The van der Waals surface area contributed by atoms with Crippen molar-refractivity contribution in [1.82, 2.24) is 5.32 Å². The number of nitrogens with one attached hydrogen (secondary N) is 1. The SMILES string of the molecule is CCOC(=O)C(NC(C)=O)C(=O)OCC.ClC(Cl)Cl. The lowest BCUT2D eigenvalue weighted by Crippen LogP contribution is -2.47. The quantitative estimate of drug-likeness (QED) is 0.468. The number of carbonyl (C=O) groups is 3. The Morgan fingerprint density at radius 1 is 1.00 bits per heavy atom. The lowest BCUT2D eigenvalue weighted by molar-refractivity contribution is -0.159. The van der Waals surface area contributed by atoms with E-state index < -0.39 is 28.2 Å². The van der Waals surface area contributed by atoms with Gasteiger partial charge in [0.2, 0.25) is 11.9 Å². The molecule has 1 amide bonds. The molecule has 0 fully saturated rings. The summed E-state index contributed by atoms with van der Waals surface area (Å²) in [4.78, 5) is 33.3. The second kappa shape index (κ2) is 12.3. The average Bonchev–Trinajstić information content (AvgIpc) is 2.25. The maximum absolute atomic E-state index is 11.3. The van der Waals surface area contributed by atoms with Crippen LogP contribution in [0.15, 0.2) is 0 Å². The van der Waals surface area contributed by atoms with E-state index in [1.165, 1.54) is 6.92 Å². The summed E-state index contributed by atoms with van der Waals surface area (Å²) < 4.78 is 8.49. The van der Waals surface area contributed by atoms with Crippen LogP contribution in [-0.2, 0) is 23.9 Å². The van der Waals surface area contributed by atoms with Gasteiger partial charge in [0.1, 0.15) is 0 Å². The molecule has 0 aliphatic heterocycles. The summed E-state index contributed by atoms with van der Waals surface area (Å²) in [5, 5.41) is 2.16. The predicted octanol–water partition coefficient (Wildman–Crippen LogP) is 1.60. The highest BCUT2D eigenvalue weighted by Gasteiger charge is 2.30. The standard InChI is InChI=1S/C9H15NO5.CHCl3/c1-4-14-8(12)7(10-6(3)11)9(13)15-5-2;2-1(3)4/h7H,4-5H2,1-3H3,(H,10,11);1H. The van der Waals surface area contributed by atoms with Crippen molar-refractivity contribution in [3.8, 4) is 0 Å². The summed E-state index contributed by atoms with van der Waals surface area (Å²) in [7, 11) is 0. The Balaban J connectivity index is 0. The van der Waals surface area contributed by atoms with Crippen LogP contribution in [0.25, 0.3) is 0 Å². The van der Waals surface area contributed by atoms with Gasteiger partial charge in [-0.05, 0) is 13.8 Å². The van der Waals surface area contributed by atoms with Gasteiger partial charge < -0.3 is 14.8 Å². The Labute approximate surface area is 126 Å². The highest BCUT2D eigenvalue weighted by Crippen LogP contribution is 2.03. The van der Waals surface area contributed by atoms with Gasteiger partial charge in [0.15, 0.2) is 4.30 Å². The molecule has 9 heteroatoms. The molecule has 0 aromatic heterocycles. The summed E-state index contributed by atoms with van der Waals surface area (Å²) in [6.45, 7) is 4.68. The van der Waals surface area contributed by atoms with E-state index in [4.69, 9.17) is 34.8 Å². The van der Waals surface area contributed by atoms with Gasteiger partial charge >= 0.3 is 11.9 Å². The van der Waals surface area contributed by atoms with Crippen LogP contribution < -0.4 is 5.32 Å². The van der Waals surface area contributed by atoms with Crippen LogP contribution in [0.3, 0.4) is 0 Å². The number of halogens is 3. The van der Waals surface area contributed by atoms with Gasteiger partial charge in [-0.2, -0.15) is 0 Å². The summed E-state index contributed by atoms with van der Waals surface area (Å²) >= 11 is 14.4. The van der Waals surface area contributed by atoms with Crippen molar-refractivity contribution in [2.75, 3.05) is 13.2 Å². The van der Waals surface area contributed by atoms with E-state index in [9.17, 15) is 14.4 Å². The van der Waals surface area contributed by atoms with Crippen LogP contribution in [0.2, 0.25) is 0 Å². The summed E-state index contributed by atoms with van der Waals surface area (Å²) in [6, 6.07) is -1.37. The largest absolute Gasteiger partial charge is 0.464 e. The summed E-state index contributed by atoms with van der Waals surface area (Å²) in [6.07, 6.45) is 0. The fourth-order valence-electron chi connectivity index (χ4n) is 0.869. The third-order valence-corrected chi connectivity index (χ3v) is 1.39. The number of amides is 1. The maximum atomic E-state index is 11.3. The molecule has 0 aliphatic rings. The van der Waals surface area contributed by atoms with Crippen molar-refractivity contribution in [3.63, 3.8) is 0 Å². The third kappa shape index (κ3) is 13.5. The Bertz CT molecular complexity index is 278. The predicted molar refractivity (Wildman–Crippen MR) is 72.2 cm³/mol. The van der Waals surface area contributed by atoms with E-state index in [1.807, 2.05) is 0 Å². The zero-order chi connectivity index (χ0) is 15.4. The first kappa shape index (κ1) is 20.6. The van der Waals surface area contributed by atoms with Crippen LogP contribution in [-0.4, -0.2) is 41.4 Å². The first-order chi connectivity index (χ1) is 8.76. The number of hydrogen-bond donors (Lipinski definition) is 1. The molecular formula is C10H16Cl3NO5. The molecular weight excluding hydrogens is 320 g/mol. The second-order valence-electron chi connectivity index (χ2n) is 2.89.